The molecule has 0 radical (unpaired) electrons. The number of nitrogens with zero attached hydrogens (tertiary/aromatic N) is 1. The summed E-state index contributed by atoms with van der Waals surface area (Å²) < 4.78 is 5.30. The van der Waals surface area contributed by atoms with Gasteiger partial charge in [-0.3, -0.25) is 10.2 Å². The molecule has 5 N–H and O–H groups in total. The average Bonchev–Trinajstić information content (AvgIpc) is 3.60. The first-order valence-electron chi connectivity index (χ1n) is 14.0. The Bertz CT molecular complexity index is 1730. The van der Waals surface area contributed by atoms with Crippen molar-refractivity contribution in [1.82, 2.24) is 5.32 Å². The summed E-state index contributed by atoms with van der Waals surface area (Å²) in [5, 5.41) is 21.1. The highest BCUT2D eigenvalue weighted by atomic mass is 16.5. The maximum absolute atomic E-state index is 13.5. The quantitative estimate of drug-likeness (QED) is 0.170. The first-order valence-corrected chi connectivity index (χ1v) is 14.0. The summed E-state index contributed by atoms with van der Waals surface area (Å²) in [6.45, 7) is 1.29. The lowest BCUT2D eigenvalue weighted by Gasteiger charge is -2.23. The van der Waals surface area contributed by atoms with Crippen molar-refractivity contribution in [3.63, 3.8) is 0 Å². The third kappa shape index (κ3) is 5.07. The normalized spacial score (nSPS) is 15.2. The van der Waals surface area contributed by atoms with E-state index < -0.39 is 5.97 Å². The molecule has 42 heavy (non-hydrogen) atoms. The minimum Gasteiger partial charge on any atom is -0.497 e. The highest BCUT2D eigenvalue weighted by Crippen LogP contribution is 2.36. The van der Waals surface area contributed by atoms with Crippen LogP contribution in [0, 0.1) is 5.41 Å². The van der Waals surface area contributed by atoms with Gasteiger partial charge >= 0.3 is 5.97 Å². The van der Waals surface area contributed by atoms with Gasteiger partial charge in [-0.05, 0) is 101 Å². The van der Waals surface area contributed by atoms with E-state index >= 15 is 0 Å². The molecule has 8 nitrogen and oxygen atoms in total. The summed E-state index contributed by atoms with van der Waals surface area (Å²) in [5.41, 5.74) is 13.6. The van der Waals surface area contributed by atoms with Crippen LogP contribution in [0.4, 0.5) is 5.69 Å². The summed E-state index contributed by atoms with van der Waals surface area (Å²) in [6.07, 6.45) is 2.58. The zero-order chi connectivity index (χ0) is 29.4. The number of carboxylic acid groups (broad SMARTS) is 1. The molecular formula is C34H32N4O4. The third-order valence-electron chi connectivity index (χ3n) is 8.30. The van der Waals surface area contributed by atoms with Gasteiger partial charge in [-0.1, -0.05) is 30.3 Å². The number of benzene rings is 4. The van der Waals surface area contributed by atoms with Gasteiger partial charge in [0.15, 0.2) is 0 Å². The number of carbonyl (C=O) groups excluding carboxylic acids is 1. The molecule has 6 rings (SSSR count). The van der Waals surface area contributed by atoms with Crippen LogP contribution in [-0.2, 0) is 19.4 Å². The highest BCUT2D eigenvalue weighted by Gasteiger charge is 2.26. The highest BCUT2D eigenvalue weighted by molar-refractivity contribution is 6.00. The van der Waals surface area contributed by atoms with Crippen molar-refractivity contribution in [1.29, 1.82) is 5.41 Å². The minimum absolute atomic E-state index is 0.0363. The van der Waals surface area contributed by atoms with Gasteiger partial charge in [0.2, 0.25) is 0 Å². The monoisotopic (exact) mass is 560 g/mol. The lowest BCUT2D eigenvalue weighted by atomic mass is 9.92. The number of fused-ring (bicyclic) bond motifs is 2. The number of aromatic carboxylic acids is 1. The smallest absolute Gasteiger partial charge is 0.336 e. The lowest BCUT2D eigenvalue weighted by molar-refractivity contribution is 0.0697. The summed E-state index contributed by atoms with van der Waals surface area (Å²) in [4.78, 5) is 28.1. The molecule has 1 aliphatic carbocycles. The number of carboxylic acids is 1. The summed E-state index contributed by atoms with van der Waals surface area (Å²) in [6, 6.07) is 24.4. The van der Waals surface area contributed by atoms with E-state index in [9.17, 15) is 14.7 Å². The average molecular weight is 561 g/mol. The van der Waals surface area contributed by atoms with Crippen molar-refractivity contribution >= 4 is 23.4 Å². The number of anilines is 1. The van der Waals surface area contributed by atoms with Crippen LogP contribution in [0.2, 0.25) is 0 Å². The molecule has 0 fully saturated rings. The van der Waals surface area contributed by atoms with Crippen LogP contribution in [0.5, 0.6) is 5.75 Å². The van der Waals surface area contributed by atoms with Crippen LogP contribution in [0.1, 0.15) is 61.0 Å². The van der Waals surface area contributed by atoms with E-state index in [0.717, 1.165) is 48.2 Å². The molecule has 1 amide bonds. The number of rotatable bonds is 8. The van der Waals surface area contributed by atoms with Crippen LogP contribution in [0.25, 0.3) is 11.1 Å². The van der Waals surface area contributed by atoms with E-state index in [2.05, 4.69) is 22.3 Å². The second kappa shape index (κ2) is 11.0. The van der Waals surface area contributed by atoms with Crippen molar-refractivity contribution in [2.24, 2.45) is 5.73 Å². The number of amidine groups is 1. The zero-order valence-electron chi connectivity index (χ0n) is 23.3. The van der Waals surface area contributed by atoms with Crippen LogP contribution >= 0.6 is 0 Å². The fourth-order valence-corrected chi connectivity index (χ4v) is 6.12. The van der Waals surface area contributed by atoms with Crippen molar-refractivity contribution < 1.29 is 19.4 Å². The maximum Gasteiger partial charge on any atom is 0.336 e. The topological polar surface area (TPSA) is 129 Å². The van der Waals surface area contributed by atoms with E-state index in [1.165, 1.54) is 18.7 Å². The number of aryl methyl sites for hydroxylation is 1. The molecule has 0 saturated heterocycles. The molecule has 2 aliphatic rings. The molecule has 1 heterocycles. The van der Waals surface area contributed by atoms with Gasteiger partial charge in [-0.2, -0.15) is 0 Å². The molecule has 0 saturated carbocycles. The van der Waals surface area contributed by atoms with Crippen molar-refractivity contribution in [2.75, 3.05) is 18.6 Å². The van der Waals surface area contributed by atoms with Crippen molar-refractivity contribution in [3.05, 3.63) is 118 Å². The molecule has 0 bridgehead atoms. The molecular weight excluding hydrogens is 528 g/mol. The van der Waals surface area contributed by atoms with E-state index in [4.69, 9.17) is 15.9 Å². The van der Waals surface area contributed by atoms with Gasteiger partial charge in [-0.15, -0.1) is 0 Å². The number of carbonyl (C=O) groups is 2. The molecule has 4 aromatic rings. The first kappa shape index (κ1) is 27.1. The molecule has 1 atom stereocenters. The number of nitrogens with two attached hydrogens (primary N) is 1. The predicted octanol–water partition coefficient (Wildman–Crippen LogP) is 5.32. The number of methoxy groups -OCH3 is 1. The van der Waals surface area contributed by atoms with Crippen LogP contribution in [0.15, 0.2) is 78.9 Å². The molecule has 0 aromatic heterocycles. The van der Waals surface area contributed by atoms with Gasteiger partial charge in [0.25, 0.3) is 5.91 Å². The Morgan fingerprint density at radius 1 is 0.976 bits per heavy atom. The summed E-state index contributed by atoms with van der Waals surface area (Å²) in [5.74, 6) is -0.788. The Kier molecular flexibility index (Phi) is 7.12. The molecule has 1 unspecified atom stereocenters. The van der Waals surface area contributed by atoms with E-state index in [-0.39, 0.29) is 23.3 Å². The fraction of sp³-hybridized carbons (Fsp3) is 0.206. The zero-order valence-corrected chi connectivity index (χ0v) is 23.3. The molecule has 212 valence electrons. The number of hydrogen-bond acceptors (Lipinski definition) is 5. The predicted molar refractivity (Wildman–Crippen MR) is 163 cm³/mol. The van der Waals surface area contributed by atoms with Crippen molar-refractivity contribution in [2.45, 2.75) is 31.8 Å². The fourth-order valence-electron chi connectivity index (χ4n) is 6.12. The van der Waals surface area contributed by atoms with Gasteiger partial charge in [-0.25, -0.2) is 4.79 Å². The SMILES string of the molecule is COc1ccc(-c2cc(C(=O)NC3CCc4ccccc43)ccc2CN2CCc3cc(C(=N)N)ccc32)c(C(=O)O)c1. The Morgan fingerprint density at radius 3 is 2.57 bits per heavy atom. The number of nitrogen functional groups attached to an aromatic ring is 1. The largest absolute Gasteiger partial charge is 0.497 e. The van der Waals surface area contributed by atoms with Gasteiger partial charge < -0.3 is 25.8 Å². The van der Waals surface area contributed by atoms with E-state index in [1.807, 2.05) is 42.5 Å². The molecule has 8 heteroatoms. The van der Waals surface area contributed by atoms with Crippen molar-refractivity contribution in [3.8, 4) is 16.9 Å². The summed E-state index contributed by atoms with van der Waals surface area (Å²) >= 11 is 0. The Hall–Kier alpha value is -5.11. The number of hydrogen-bond donors (Lipinski definition) is 4. The van der Waals surface area contributed by atoms with E-state index in [1.54, 1.807) is 18.2 Å². The number of ether oxygens (including phenoxy) is 1. The van der Waals surface area contributed by atoms with Crippen LogP contribution in [-0.4, -0.2) is 36.5 Å². The van der Waals surface area contributed by atoms with Gasteiger partial charge in [0.05, 0.1) is 18.7 Å². The van der Waals surface area contributed by atoms with E-state index in [0.29, 0.717) is 34.5 Å². The molecule has 4 aromatic carbocycles. The number of nitrogens with one attached hydrogen (secondary N) is 2. The standard InChI is InChI=1S/C34H32N4O4/c1-42-25-10-11-27(29(18-25)34(40)41)28-17-23(33(39)37-30-12-8-20-4-2-3-5-26(20)30)6-7-24(28)19-38-15-14-21-16-22(32(35)36)9-13-31(21)38/h2-7,9-11,13,16-18,30H,8,12,14-15,19H2,1H3,(H3,35,36)(H,37,39)(H,40,41). The van der Waals surface area contributed by atoms with Gasteiger partial charge in [0, 0.05) is 29.9 Å². The number of amides is 1. The minimum atomic E-state index is -1.07. The maximum atomic E-state index is 13.5. The van der Waals surface area contributed by atoms with Crippen LogP contribution < -0.4 is 20.7 Å². The third-order valence-corrected chi connectivity index (χ3v) is 8.30. The second-order valence-corrected chi connectivity index (χ2v) is 10.8. The second-order valence-electron chi connectivity index (χ2n) is 10.8. The summed E-state index contributed by atoms with van der Waals surface area (Å²) in [7, 11) is 1.50. The molecule has 0 spiro atoms. The van der Waals surface area contributed by atoms with Gasteiger partial charge in [0.1, 0.15) is 11.6 Å². The Morgan fingerprint density at radius 2 is 1.79 bits per heavy atom. The lowest BCUT2D eigenvalue weighted by Crippen LogP contribution is -2.27. The van der Waals surface area contributed by atoms with Crippen LogP contribution in [0.3, 0.4) is 0 Å². The molecule has 1 aliphatic heterocycles. The first-order chi connectivity index (χ1) is 20.3. The Labute approximate surface area is 244 Å². The Balaban J connectivity index is 1.37.